The molecule has 6 nitrogen and oxygen atoms in total. The Balaban J connectivity index is 1.50. The predicted molar refractivity (Wildman–Crippen MR) is 94.9 cm³/mol. The van der Waals surface area contributed by atoms with E-state index in [2.05, 4.69) is 20.5 Å². The minimum absolute atomic E-state index is 0.0957. The van der Waals surface area contributed by atoms with Gasteiger partial charge in [-0.2, -0.15) is 0 Å². The number of aromatic nitrogens is 1. The van der Waals surface area contributed by atoms with E-state index >= 15 is 0 Å². The third-order valence-electron chi connectivity index (χ3n) is 3.66. The number of hydrogen-bond acceptors (Lipinski definition) is 5. The fraction of sp³-hybridized carbons (Fsp3) is 0.294. The van der Waals surface area contributed by atoms with E-state index in [0.717, 1.165) is 31.9 Å². The van der Waals surface area contributed by atoms with Gasteiger partial charge in [-0.15, -0.1) is 0 Å². The number of benzene rings is 1. The highest BCUT2D eigenvalue weighted by molar-refractivity contribution is 6.30. The molecule has 24 heavy (non-hydrogen) atoms. The van der Waals surface area contributed by atoms with Crippen LogP contribution in [0.25, 0.3) is 0 Å². The van der Waals surface area contributed by atoms with Crippen LogP contribution in [0.4, 0.5) is 11.5 Å². The Labute approximate surface area is 145 Å². The number of anilines is 2. The Kier molecular flexibility index (Phi) is 5.51. The Morgan fingerprint density at radius 3 is 2.83 bits per heavy atom. The van der Waals surface area contributed by atoms with E-state index in [-0.39, 0.29) is 12.5 Å². The van der Waals surface area contributed by atoms with Crippen LogP contribution < -0.4 is 20.3 Å². The lowest BCUT2D eigenvalue weighted by molar-refractivity contribution is -0.118. The minimum atomic E-state index is -0.266. The minimum Gasteiger partial charge on any atom is -0.484 e. The van der Waals surface area contributed by atoms with Crippen molar-refractivity contribution in [3.05, 3.63) is 47.6 Å². The summed E-state index contributed by atoms with van der Waals surface area (Å²) in [5.74, 6) is 0.797. The van der Waals surface area contributed by atoms with Crippen molar-refractivity contribution in [3.8, 4) is 5.75 Å². The lowest BCUT2D eigenvalue weighted by Gasteiger charge is -2.29. The van der Waals surface area contributed by atoms with Crippen LogP contribution in [-0.4, -0.2) is 43.7 Å². The lowest BCUT2D eigenvalue weighted by atomic mass is 10.3. The Morgan fingerprint density at radius 2 is 2.12 bits per heavy atom. The fourth-order valence-corrected chi connectivity index (χ4v) is 2.63. The normalized spacial score (nSPS) is 14.3. The van der Waals surface area contributed by atoms with Crippen molar-refractivity contribution in [2.45, 2.75) is 0 Å². The summed E-state index contributed by atoms with van der Waals surface area (Å²) < 4.78 is 5.40. The fourth-order valence-electron chi connectivity index (χ4n) is 2.45. The monoisotopic (exact) mass is 346 g/mol. The number of pyridine rings is 1. The second kappa shape index (κ2) is 7.99. The molecule has 0 bridgehead atoms. The van der Waals surface area contributed by atoms with Crippen LogP contribution in [0.1, 0.15) is 0 Å². The molecular formula is C17H19ClN4O2. The molecule has 0 radical (unpaired) electrons. The third kappa shape index (κ3) is 4.59. The van der Waals surface area contributed by atoms with E-state index in [1.54, 1.807) is 36.5 Å². The van der Waals surface area contributed by atoms with Crippen molar-refractivity contribution in [1.82, 2.24) is 10.3 Å². The first-order valence-electron chi connectivity index (χ1n) is 7.81. The van der Waals surface area contributed by atoms with Gasteiger partial charge in [0.15, 0.2) is 6.61 Å². The van der Waals surface area contributed by atoms with Crippen LogP contribution in [0, 0.1) is 0 Å². The number of carbonyl (C=O) groups is 1. The Hall–Kier alpha value is -2.31. The van der Waals surface area contributed by atoms with Gasteiger partial charge in [0.1, 0.15) is 11.6 Å². The first-order valence-corrected chi connectivity index (χ1v) is 8.18. The van der Waals surface area contributed by atoms with Gasteiger partial charge in [0.2, 0.25) is 0 Å². The zero-order valence-corrected chi connectivity index (χ0v) is 13.9. The van der Waals surface area contributed by atoms with Gasteiger partial charge in [0, 0.05) is 31.2 Å². The quantitative estimate of drug-likeness (QED) is 0.868. The molecule has 0 aliphatic carbocycles. The number of carbonyl (C=O) groups excluding carboxylic acids is 1. The van der Waals surface area contributed by atoms with Gasteiger partial charge in [-0.3, -0.25) is 4.79 Å². The zero-order valence-electron chi connectivity index (χ0n) is 13.2. The number of amides is 1. The molecule has 1 fully saturated rings. The van der Waals surface area contributed by atoms with Crippen molar-refractivity contribution in [2.75, 3.05) is 43.0 Å². The van der Waals surface area contributed by atoms with Gasteiger partial charge in [0.25, 0.3) is 5.91 Å². The maximum Gasteiger partial charge on any atom is 0.263 e. The molecule has 1 saturated heterocycles. The topological polar surface area (TPSA) is 66.5 Å². The smallest absolute Gasteiger partial charge is 0.263 e. The highest BCUT2D eigenvalue weighted by Crippen LogP contribution is 2.18. The van der Waals surface area contributed by atoms with Crippen LogP contribution >= 0.6 is 11.6 Å². The summed E-state index contributed by atoms with van der Waals surface area (Å²) >= 11 is 5.87. The summed E-state index contributed by atoms with van der Waals surface area (Å²) in [5.41, 5.74) is 1.06. The second-order valence-corrected chi connectivity index (χ2v) is 5.87. The van der Waals surface area contributed by atoms with E-state index < -0.39 is 0 Å². The molecular weight excluding hydrogens is 328 g/mol. The van der Waals surface area contributed by atoms with Crippen LogP contribution in [0.2, 0.25) is 5.02 Å². The van der Waals surface area contributed by atoms with Crippen LogP contribution in [0.3, 0.4) is 0 Å². The van der Waals surface area contributed by atoms with E-state index in [9.17, 15) is 4.79 Å². The summed E-state index contributed by atoms with van der Waals surface area (Å²) in [6, 6.07) is 10.7. The SMILES string of the molecule is O=C(COc1cccc(Cl)c1)Nc1ccc(N2CCNCC2)cn1. The molecule has 3 rings (SSSR count). The number of piperazine rings is 1. The van der Waals surface area contributed by atoms with Crippen molar-refractivity contribution in [1.29, 1.82) is 0 Å². The summed E-state index contributed by atoms with van der Waals surface area (Å²) in [4.78, 5) is 18.5. The largest absolute Gasteiger partial charge is 0.484 e. The second-order valence-electron chi connectivity index (χ2n) is 5.43. The van der Waals surface area contributed by atoms with Crippen molar-refractivity contribution in [2.24, 2.45) is 0 Å². The van der Waals surface area contributed by atoms with E-state index in [1.807, 2.05) is 6.07 Å². The number of nitrogens with one attached hydrogen (secondary N) is 2. The van der Waals surface area contributed by atoms with Gasteiger partial charge < -0.3 is 20.3 Å². The van der Waals surface area contributed by atoms with Gasteiger partial charge in [0.05, 0.1) is 11.9 Å². The number of ether oxygens (including phenoxy) is 1. The first-order chi connectivity index (χ1) is 11.7. The molecule has 2 N–H and O–H groups in total. The van der Waals surface area contributed by atoms with Gasteiger partial charge in [-0.1, -0.05) is 17.7 Å². The number of rotatable bonds is 5. The zero-order chi connectivity index (χ0) is 16.8. The number of nitrogens with zero attached hydrogens (tertiary/aromatic N) is 2. The summed E-state index contributed by atoms with van der Waals surface area (Å²) in [5, 5.41) is 6.60. The van der Waals surface area contributed by atoms with Crippen LogP contribution in [-0.2, 0) is 4.79 Å². The maximum atomic E-state index is 11.9. The van der Waals surface area contributed by atoms with Gasteiger partial charge >= 0.3 is 0 Å². The molecule has 1 aromatic heterocycles. The third-order valence-corrected chi connectivity index (χ3v) is 3.90. The highest BCUT2D eigenvalue weighted by atomic mass is 35.5. The van der Waals surface area contributed by atoms with Gasteiger partial charge in [-0.05, 0) is 30.3 Å². The van der Waals surface area contributed by atoms with E-state index in [1.165, 1.54) is 0 Å². The summed E-state index contributed by atoms with van der Waals surface area (Å²) in [7, 11) is 0. The number of hydrogen-bond donors (Lipinski definition) is 2. The molecule has 1 aromatic carbocycles. The average Bonchev–Trinajstić information content (AvgIpc) is 2.61. The Morgan fingerprint density at radius 1 is 1.29 bits per heavy atom. The van der Waals surface area contributed by atoms with Crippen molar-refractivity contribution in [3.63, 3.8) is 0 Å². The predicted octanol–water partition coefficient (Wildman–Crippen LogP) is 2.16. The summed E-state index contributed by atoms with van der Waals surface area (Å²) in [6.07, 6.45) is 1.78. The van der Waals surface area contributed by atoms with E-state index in [4.69, 9.17) is 16.3 Å². The molecule has 2 heterocycles. The lowest BCUT2D eigenvalue weighted by Crippen LogP contribution is -2.43. The maximum absolute atomic E-state index is 11.9. The van der Waals surface area contributed by atoms with Crippen LogP contribution in [0.15, 0.2) is 42.6 Å². The van der Waals surface area contributed by atoms with Gasteiger partial charge in [-0.25, -0.2) is 4.98 Å². The van der Waals surface area contributed by atoms with Crippen molar-refractivity contribution < 1.29 is 9.53 Å². The molecule has 2 aromatic rings. The van der Waals surface area contributed by atoms with Crippen molar-refractivity contribution >= 4 is 29.0 Å². The summed E-state index contributed by atoms with van der Waals surface area (Å²) in [6.45, 7) is 3.77. The molecule has 126 valence electrons. The van der Waals surface area contributed by atoms with E-state index in [0.29, 0.717) is 16.6 Å². The highest BCUT2D eigenvalue weighted by Gasteiger charge is 2.11. The number of halogens is 1. The average molecular weight is 347 g/mol. The molecule has 1 aliphatic rings. The molecule has 0 saturated carbocycles. The molecule has 0 unspecified atom stereocenters. The standard InChI is InChI=1S/C17H19ClN4O2/c18-13-2-1-3-15(10-13)24-12-17(23)21-16-5-4-14(11-20-16)22-8-6-19-7-9-22/h1-5,10-11,19H,6-9,12H2,(H,20,21,23). The first kappa shape index (κ1) is 16.5. The molecule has 0 spiro atoms. The molecule has 0 atom stereocenters. The van der Waals surface area contributed by atoms with Crippen LogP contribution in [0.5, 0.6) is 5.75 Å². The molecule has 1 amide bonds. The molecule has 1 aliphatic heterocycles. The molecule has 7 heteroatoms. The Bertz CT molecular complexity index is 687.